The van der Waals surface area contributed by atoms with E-state index in [0.29, 0.717) is 0 Å². The minimum absolute atomic E-state index is 1.36. The molecule has 0 amide bonds. The maximum atomic E-state index is 9.99. The Kier molecular flexibility index (Phi) is 9.64. The Bertz CT molecular complexity index is 142. The Morgan fingerprint density at radius 2 is 1.18 bits per heavy atom. The third kappa shape index (κ3) is 75.8. The molecular weight excluding hydrogens is 174 g/mol. The molecule has 0 atom stereocenters. The van der Waals surface area contributed by atoms with E-state index in [9.17, 15) is 7.77 Å². The maximum Gasteiger partial charge on any atom is 0.476 e. The monoisotopic (exact) mass is 188 g/mol. The predicted octanol–water partition coefficient (Wildman–Crippen LogP) is 2.76. The van der Waals surface area contributed by atoms with Crippen LogP contribution in [0.1, 0.15) is 39.5 Å². The Morgan fingerprint density at radius 3 is 1.27 bits per heavy atom. The van der Waals surface area contributed by atoms with Gasteiger partial charge < -0.3 is 0 Å². The fourth-order valence-corrected chi connectivity index (χ4v) is 0.500. The van der Waals surface area contributed by atoms with Crippen molar-refractivity contribution < 1.29 is 16.2 Å². The molecule has 0 aromatic heterocycles. The van der Waals surface area contributed by atoms with Crippen LogP contribution in [0.25, 0.3) is 0 Å². The summed E-state index contributed by atoms with van der Waals surface area (Å²) in [5.74, 6) is 0. The van der Waals surface area contributed by atoms with Gasteiger partial charge in [-0.3, -0.25) is 0 Å². The normalized spacial score (nSPS) is 10.2. The Balaban J connectivity index is 0. The SMILES string of the molecule is CCCCCC.O=S(=O)(F)F. The summed E-state index contributed by atoms with van der Waals surface area (Å²) in [6.07, 6.45) is 5.54. The second-order valence-corrected chi connectivity index (χ2v) is 2.84. The first kappa shape index (κ1) is 13.4. The van der Waals surface area contributed by atoms with Gasteiger partial charge in [0.05, 0.1) is 0 Å². The van der Waals surface area contributed by atoms with Crippen LogP contribution in [0.15, 0.2) is 0 Å². The molecular formula is C6H14F2O2S. The fraction of sp³-hybridized carbons (Fsp3) is 1.00. The van der Waals surface area contributed by atoms with Gasteiger partial charge in [-0.15, -0.1) is 0 Å². The zero-order valence-electron chi connectivity index (χ0n) is 6.81. The van der Waals surface area contributed by atoms with Gasteiger partial charge in [0.2, 0.25) is 0 Å². The fourth-order valence-electron chi connectivity index (χ4n) is 0.500. The topological polar surface area (TPSA) is 34.1 Å². The second-order valence-electron chi connectivity index (χ2n) is 2.09. The highest BCUT2D eigenvalue weighted by Crippen LogP contribution is 1.95. The van der Waals surface area contributed by atoms with E-state index in [1.807, 2.05) is 0 Å². The first-order valence-corrected chi connectivity index (χ1v) is 4.84. The molecule has 0 unspecified atom stereocenters. The lowest BCUT2D eigenvalue weighted by molar-refractivity contribution is 0.501. The summed E-state index contributed by atoms with van der Waals surface area (Å²) in [6.45, 7) is 4.46. The van der Waals surface area contributed by atoms with Crippen molar-refractivity contribution in [1.29, 1.82) is 0 Å². The molecule has 0 fully saturated rings. The molecule has 0 bridgehead atoms. The summed E-state index contributed by atoms with van der Waals surface area (Å²) in [5.41, 5.74) is 0. The van der Waals surface area contributed by atoms with Crippen LogP contribution in [0.5, 0.6) is 0 Å². The summed E-state index contributed by atoms with van der Waals surface area (Å²) in [5, 5.41) is 0. The van der Waals surface area contributed by atoms with Crippen molar-refractivity contribution in [1.82, 2.24) is 0 Å². The molecule has 0 saturated heterocycles. The number of halogens is 2. The predicted molar refractivity (Wildman–Crippen MR) is 41.0 cm³/mol. The molecule has 0 saturated carbocycles. The number of rotatable bonds is 3. The van der Waals surface area contributed by atoms with Crippen LogP contribution in [0.3, 0.4) is 0 Å². The Morgan fingerprint density at radius 1 is 1.00 bits per heavy atom. The lowest BCUT2D eigenvalue weighted by Gasteiger charge is -1.86. The van der Waals surface area contributed by atoms with Crippen molar-refractivity contribution in [3.8, 4) is 0 Å². The van der Waals surface area contributed by atoms with Gasteiger partial charge in [0.15, 0.2) is 0 Å². The lowest BCUT2D eigenvalue weighted by Crippen LogP contribution is -1.69. The minimum Gasteiger partial charge on any atom is -0.160 e. The molecule has 0 rings (SSSR count). The van der Waals surface area contributed by atoms with Gasteiger partial charge in [-0.2, -0.15) is 8.42 Å². The van der Waals surface area contributed by atoms with Crippen LogP contribution in [-0.2, 0) is 10.6 Å². The smallest absolute Gasteiger partial charge is 0.160 e. The molecule has 70 valence electrons. The van der Waals surface area contributed by atoms with Crippen molar-refractivity contribution in [3.63, 3.8) is 0 Å². The van der Waals surface area contributed by atoms with Crippen molar-refractivity contribution in [3.05, 3.63) is 0 Å². The van der Waals surface area contributed by atoms with Crippen molar-refractivity contribution in [2.24, 2.45) is 0 Å². The van der Waals surface area contributed by atoms with Crippen molar-refractivity contribution in [2.75, 3.05) is 0 Å². The van der Waals surface area contributed by atoms with Gasteiger partial charge in [0.1, 0.15) is 0 Å². The van der Waals surface area contributed by atoms with Gasteiger partial charge >= 0.3 is 10.6 Å². The van der Waals surface area contributed by atoms with Crippen LogP contribution >= 0.6 is 0 Å². The zero-order chi connectivity index (χ0) is 9.33. The lowest BCUT2D eigenvalue weighted by atomic mass is 10.2. The van der Waals surface area contributed by atoms with E-state index in [1.165, 1.54) is 25.7 Å². The molecule has 5 heteroatoms. The van der Waals surface area contributed by atoms with E-state index in [-0.39, 0.29) is 0 Å². The Hall–Kier alpha value is -0.190. The van der Waals surface area contributed by atoms with E-state index in [4.69, 9.17) is 8.42 Å². The maximum absolute atomic E-state index is 9.99. The molecule has 0 aliphatic heterocycles. The Labute approximate surface area is 67.1 Å². The summed E-state index contributed by atoms with van der Waals surface area (Å²) in [4.78, 5) is 0. The molecule has 0 aromatic rings. The second kappa shape index (κ2) is 7.91. The van der Waals surface area contributed by atoms with Crippen molar-refractivity contribution >= 4 is 10.6 Å². The van der Waals surface area contributed by atoms with E-state index < -0.39 is 10.6 Å². The standard InChI is InChI=1S/C6H14.F2O2S/c1-3-5-6-4-2;1-5(2,3)4/h3-6H2,1-2H3;. The molecule has 0 aliphatic rings. The first-order valence-electron chi connectivity index (χ1n) is 3.56. The number of hydrogen-bond donors (Lipinski definition) is 0. The third-order valence-corrected chi connectivity index (χ3v) is 0.957. The molecule has 2 nitrogen and oxygen atoms in total. The third-order valence-electron chi connectivity index (χ3n) is 0.957. The van der Waals surface area contributed by atoms with Crippen LogP contribution in [0.4, 0.5) is 7.77 Å². The average Bonchev–Trinajstić information content (AvgIpc) is 1.79. The average molecular weight is 188 g/mol. The van der Waals surface area contributed by atoms with Gasteiger partial charge in [-0.1, -0.05) is 47.3 Å². The van der Waals surface area contributed by atoms with E-state index in [1.54, 1.807) is 0 Å². The first-order chi connectivity index (χ1) is 4.91. The van der Waals surface area contributed by atoms with E-state index in [2.05, 4.69) is 13.8 Å². The zero-order valence-corrected chi connectivity index (χ0v) is 7.63. The van der Waals surface area contributed by atoms with Crippen LogP contribution in [0.2, 0.25) is 0 Å². The summed E-state index contributed by atoms with van der Waals surface area (Å²) >= 11 is 0. The van der Waals surface area contributed by atoms with Gasteiger partial charge in [-0.25, -0.2) is 0 Å². The molecule has 0 radical (unpaired) electrons. The molecule has 0 aliphatic carbocycles. The molecule has 0 N–H and O–H groups in total. The highest BCUT2D eigenvalue weighted by Gasteiger charge is 1.94. The van der Waals surface area contributed by atoms with Gasteiger partial charge in [-0.05, 0) is 0 Å². The highest BCUT2D eigenvalue weighted by molar-refractivity contribution is 7.81. The van der Waals surface area contributed by atoms with Crippen molar-refractivity contribution in [2.45, 2.75) is 39.5 Å². The summed E-state index contributed by atoms with van der Waals surface area (Å²) < 4.78 is 36.6. The van der Waals surface area contributed by atoms with E-state index >= 15 is 0 Å². The van der Waals surface area contributed by atoms with E-state index in [0.717, 1.165) is 0 Å². The molecule has 0 aromatic carbocycles. The highest BCUT2D eigenvalue weighted by atomic mass is 32.3. The summed E-state index contributed by atoms with van der Waals surface area (Å²) in [7, 11) is -5.67. The summed E-state index contributed by atoms with van der Waals surface area (Å²) in [6, 6.07) is 0. The van der Waals surface area contributed by atoms with Gasteiger partial charge in [0.25, 0.3) is 0 Å². The van der Waals surface area contributed by atoms with Crippen LogP contribution < -0.4 is 0 Å². The van der Waals surface area contributed by atoms with Crippen LogP contribution in [-0.4, -0.2) is 8.42 Å². The molecule has 0 heterocycles. The minimum atomic E-state index is -5.67. The largest absolute Gasteiger partial charge is 0.476 e. The van der Waals surface area contributed by atoms with Gasteiger partial charge in [0, 0.05) is 0 Å². The quantitative estimate of drug-likeness (QED) is 0.504. The molecule has 0 spiro atoms. The van der Waals surface area contributed by atoms with Crippen LogP contribution in [0, 0.1) is 0 Å². The number of hydrogen-bond acceptors (Lipinski definition) is 2. The molecule has 11 heavy (non-hydrogen) atoms. The number of unbranched alkanes of at least 4 members (excludes halogenated alkanes) is 3.